The van der Waals surface area contributed by atoms with Crippen molar-refractivity contribution in [1.29, 1.82) is 0 Å². The highest BCUT2D eigenvalue weighted by Crippen LogP contribution is 2.60. The first-order valence-electron chi connectivity index (χ1n) is 10.2. The van der Waals surface area contributed by atoms with Gasteiger partial charge < -0.3 is 20.1 Å². The van der Waals surface area contributed by atoms with Crippen LogP contribution in [0, 0.1) is 23.7 Å². The number of nitrogens with one attached hydrogen (secondary N) is 2. The van der Waals surface area contributed by atoms with Gasteiger partial charge in [-0.05, 0) is 48.7 Å². The van der Waals surface area contributed by atoms with Crippen LogP contribution in [0.1, 0.15) is 16.8 Å². The van der Waals surface area contributed by atoms with Gasteiger partial charge in [0.05, 0.1) is 23.8 Å². The number of hydrogen-bond acceptors (Lipinski definition) is 5. The molecule has 2 aliphatic carbocycles. The van der Waals surface area contributed by atoms with E-state index in [0.717, 1.165) is 6.42 Å². The summed E-state index contributed by atoms with van der Waals surface area (Å²) in [4.78, 5) is 37.7. The van der Waals surface area contributed by atoms with E-state index in [2.05, 4.69) is 26.6 Å². The molecule has 1 aliphatic heterocycles. The third-order valence-electron chi connectivity index (χ3n) is 6.57. The molecule has 7 nitrogen and oxygen atoms in total. The molecule has 3 aliphatic rings. The van der Waals surface area contributed by atoms with Crippen LogP contribution in [-0.4, -0.2) is 35.8 Å². The van der Waals surface area contributed by atoms with Crippen molar-refractivity contribution >= 4 is 45.1 Å². The minimum absolute atomic E-state index is 0.0265. The van der Waals surface area contributed by atoms with Crippen molar-refractivity contribution in [3.8, 4) is 5.75 Å². The average Bonchev–Trinajstić information content (AvgIpc) is 3.38. The van der Waals surface area contributed by atoms with Gasteiger partial charge in [0.1, 0.15) is 11.9 Å². The fourth-order valence-corrected chi connectivity index (χ4v) is 6.21. The molecule has 31 heavy (non-hydrogen) atoms. The molecule has 1 saturated heterocycles. The highest BCUT2D eigenvalue weighted by Gasteiger charge is 2.67. The number of hydrogen-bond donors (Lipinski definition) is 2. The lowest BCUT2D eigenvalue weighted by molar-refractivity contribution is -0.145. The summed E-state index contributed by atoms with van der Waals surface area (Å²) in [6.45, 7) is 0. The predicted octanol–water partition coefficient (Wildman–Crippen LogP) is 3.46. The summed E-state index contributed by atoms with van der Waals surface area (Å²) >= 11 is 3.62. The summed E-state index contributed by atoms with van der Waals surface area (Å²) < 4.78 is 10.6. The van der Waals surface area contributed by atoms with E-state index < -0.39 is 5.92 Å². The van der Waals surface area contributed by atoms with Crippen LogP contribution < -0.4 is 15.4 Å². The van der Waals surface area contributed by atoms with E-state index in [-0.39, 0.29) is 46.5 Å². The summed E-state index contributed by atoms with van der Waals surface area (Å²) in [5, 5.41) is 5.73. The van der Waals surface area contributed by atoms with Gasteiger partial charge in [-0.3, -0.25) is 14.4 Å². The number of halogens is 1. The number of esters is 1. The molecule has 160 valence electrons. The minimum atomic E-state index is -0.392. The molecule has 5 rings (SSSR count). The SMILES string of the molecule is COc1cccc(NC(=O)c2ccc(NC(=O)[C@@H]3[C@H]4C[C@H]5[C@H](OC(=O)[C@@H]53)[C@@H]4Br)cc2)c1. The number of fused-ring (bicyclic) bond motifs is 1. The minimum Gasteiger partial charge on any atom is -0.497 e. The maximum atomic E-state index is 13.0. The van der Waals surface area contributed by atoms with Crippen molar-refractivity contribution in [2.75, 3.05) is 17.7 Å². The van der Waals surface area contributed by atoms with E-state index in [1.165, 1.54) is 0 Å². The zero-order valence-corrected chi connectivity index (χ0v) is 18.3. The van der Waals surface area contributed by atoms with Gasteiger partial charge in [-0.25, -0.2) is 0 Å². The molecule has 2 aromatic rings. The average molecular weight is 485 g/mol. The molecule has 2 amide bonds. The topological polar surface area (TPSA) is 93.7 Å². The Bertz CT molecular complexity index is 1060. The number of methoxy groups -OCH3 is 1. The van der Waals surface area contributed by atoms with E-state index in [1.807, 2.05) is 0 Å². The fourth-order valence-electron chi connectivity index (χ4n) is 5.17. The Labute approximate surface area is 187 Å². The normalized spacial score (nSPS) is 30.1. The van der Waals surface area contributed by atoms with Crippen LogP contribution in [0.3, 0.4) is 0 Å². The Morgan fingerprint density at radius 2 is 1.84 bits per heavy atom. The number of carbonyl (C=O) groups is 3. The number of amides is 2. The van der Waals surface area contributed by atoms with Crippen LogP contribution >= 0.6 is 15.9 Å². The molecule has 8 heteroatoms. The van der Waals surface area contributed by atoms with Gasteiger partial charge in [0, 0.05) is 28.9 Å². The van der Waals surface area contributed by atoms with Crippen molar-refractivity contribution in [3.05, 3.63) is 54.1 Å². The molecule has 3 fully saturated rings. The predicted molar refractivity (Wildman–Crippen MR) is 117 cm³/mol. The van der Waals surface area contributed by atoms with E-state index in [1.54, 1.807) is 55.6 Å². The Kier molecular flexibility index (Phi) is 4.97. The molecule has 2 saturated carbocycles. The van der Waals surface area contributed by atoms with Crippen molar-refractivity contribution in [2.45, 2.75) is 17.4 Å². The molecular formula is C23H21BrN2O5. The Morgan fingerprint density at radius 3 is 2.58 bits per heavy atom. The first-order chi connectivity index (χ1) is 15.0. The lowest BCUT2D eigenvalue weighted by atomic mass is 9.79. The summed E-state index contributed by atoms with van der Waals surface area (Å²) in [5.74, 6) is -0.564. The molecular weight excluding hydrogens is 464 g/mol. The Morgan fingerprint density at radius 1 is 1.06 bits per heavy atom. The van der Waals surface area contributed by atoms with E-state index >= 15 is 0 Å². The molecule has 0 unspecified atom stereocenters. The molecule has 2 bridgehead atoms. The third-order valence-corrected chi connectivity index (χ3v) is 7.77. The third kappa shape index (κ3) is 3.39. The number of ether oxygens (including phenoxy) is 2. The standard InChI is InChI=1S/C23H21BrN2O5/c1-30-14-4-2-3-13(9-14)26-21(27)11-5-7-12(8-6-11)25-22(28)17-15-10-16-18(17)23(29)31-20(16)19(15)24/h2-9,15-20H,10H2,1H3,(H,25,28)(H,26,27)/t15-,16-,17-,18+,19-,20+/m1/s1. The second-order valence-electron chi connectivity index (χ2n) is 8.21. The molecule has 6 atom stereocenters. The molecule has 2 aromatic carbocycles. The van der Waals surface area contributed by atoms with Gasteiger partial charge in [0.15, 0.2) is 0 Å². The summed E-state index contributed by atoms with van der Waals surface area (Å²) in [6.07, 6.45) is 0.729. The lowest BCUT2D eigenvalue weighted by Gasteiger charge is -2.27. The molecule has 1 heterocycles. The lowest BCUT2D eigenvalue weighted by Crippen LogP contribution is -2.40. The first-order valence-corrected chi connectivity index (χ1v) is 11.1. The number of anilines is 2. The summed E-state index contributed by atoms with van der Waals surface area (Å²) in [5.41, 5.74) is 1.67. The van der Waals surface area contributed by atoms with Crippen LogP contribution in [0.2, 0.25) is 0 Å². The maximum absolute atomic E-state index is 13.0. The highest BCUT2D eigenvalue weighted by atomic mass is 79.9. The number of alkyl halides is 1. The molecule has 0 spiro atoms. The molecule has 0 radical (unpaired) electrons. The van der Waals surface area contributed by atoms with E-state index in [9.17, 15) is 14.4 Å². The second kappa shape index (κ2) is 7.67. The zero-order valence-electron chi connectivity index (χ0n) is 16.7. The van der Waals surface area contributed by atoms with Crippen molar-refractivity contribution < 1.29 is 23.9 Å². The van der Waals surface area contributed by atoms with Gasteiger partial charge in [-0.15, -0.1) is 0 Å². The van der Waals surface area contributed by atoms with Gasteiger partial charge in [-0.1, -0.05) is 22.0 Å². The van der Waals surface area contributed by atoms with Crippen LogP contribution in [0.15, 0.2) is 48.5 Å². The van der Waals surface area contributed by atoms with Crippen molar-refractivity contribution in [1.82, 2.24) is 0 Å². The monoisotopic (exact) mass is 484 g/mol. The largest absolute Gasteiger partial charge is 0.497 e. The van der Waals surface area contributed by atoms with Gasteiger partial charge in [-0.2, -0.15) is 0 Å². The van der Waals surface area contributed by atoms with Crippen molar-refractivity contribution in [3.63, 3.8) is 0 Å². The quantitative estimate of drug-likeness (QED) is 0.500. The molecule has 2 N–H and O–H groups in total. The Balaban J connectivity index is 1.25. The van der Waals surface area contributed by atoms with Crippen LogP contribution in [0.5, 0.6) is 5.75 Å². The number of carbonyl (C=O) groups excluding carboxylic acids is 3. The fraction of sp³-hybridized carbons (Fsp3) is 0.348. The summed E-state index contributed by atoms with van der Waals surface area (Å²) in [7, 11) is 1.57. The van der Waals surface area contributed by atoms with Crippen LogP contribution in [-0.2, 0) is 14.3 Å². The second-order valence-corrected chi connectivity index (χ2v) is 9.27. The van der Waals surface area contributed by atoms with E-state index in [4.69, 9.17) is 9.47 Å². The zero-order chi connectivity index (χ0) is 21.7. The summed E-state index contributed by atoms with van der Waals surface area (Å²) in [6, 6.07) is 13.8. The smallest absolute Gasteiger partial charge is 0.310 e. The maximum Gasteiger partial charge on any atom is 0.310 e. The van der Waals surface area contributed by atoms with E-state index in [0.29, 0.717) is 22.7 Å². The number of benzene rings is 2. The molecule has 0 aromatic heterocycles. The van der Waals surface area contributed by atoms with Gasteiger partial charge in [0.2, 0.25) is 5.91 Å². The Hall–Kier alpha value is -2.87. The first kappa shape index (κ1) is 20.1. The van der Waals surface area contributed by atoms with Crippen LogP contribution in [0.25, 0.3) is 0 Å². The van der Waals surface area contributed by atoms with Gasteiger partial charge in [0.25, 0.3) is 5.91 Å². The van der Waals surface area contributed by atoms with Gasteiger partial charge >= 0.3 is 5.97 Å². The van der Waals surface area contributed by atoms with Crippen LogP contribution in [0.4, 0.5) is 11.4 Å². The highest BCUT2D eigenvalue weighted by molar-refractivity contribution is 9.09. The van der Waals surface area contributed by atoms with Crippen molar-refractivity contribution in [2.24, 2.45) is 23.7 Å². The number of rotatable bonds is 5.